The first-order valence-electron chi connectivity index (χ1n) is 19.8. The lowest BCUT2D eigenvalue weighted by atomic mass is 10.0. The van der Waals surface area contributed by atoms with Crippen molar-refractivity contribution in [3.63, 3.8) is 0 Å². The van der Waals surface area contributed by atoms with Gasteiger partial charge < -0.3 is 55.3 Å². The first-order valence-corrected chi connectivity index (χ1v) is 19.8. The summed E-state index contributed by atoms with van der Waals surface area (Å²) in [5.41, 5.74) is -2.95. The van der Waals surface area contributed by atoms with Gasteiger partial charge in [0.05, 0.1) is 29.1 Å². The van der Waals surface area contributed by atoms with Gasteiger partial charge in [-0.15, -0.1) is 0 Å². The second kappa shape index (κ2) is 18.6. The summed E-state index contributed by atoms with van der Waals surface area (Å²) in [6, 6.07) is 3.53. The average Bonchev–Trinajstić information content (AvgIpc) is 3.04. The largest absolute Gasteiger partial charge is 0.444 e. The Kier molecular flexibility index (Phi) is 14.5. The first kappa shape index (κ1) is 46.8. The van der Waals surface area contributed by atoms with Crippen molar-refractivity contribution in [2.75, 3.05) is 41.3 Å². The van der Waals surface area contributed by atoms with Gasteiger partial charge in [0.25, 0.3) is 5.69 Å². The fourth-order valence-electron chi connectivity index (χ4n) is 6.36. The van der Waals surface area contributed by atoms with E-state index in [0.717, 1.165) is 0 Å². The van der Waals surface area contributed by atoms with Crippen LogP contribution in [-0.4, -0.2) is 117 Å². The number of nitrogens with one attached hydrogen (secondary N) is 5. The zero-order valence-electron chi connectivity index (χ0n) is 36.6. The van der Waals surface area contributed by atoms with Crippen LogP contribution in [-0.2, 0) is 18.9 Å². The minimum atomic E-state index is -0.774. The monoisotopic (exact) mass is 843 g/mol. The maximum atomic E-state index is 13.0. The number of ether oxygens (including phenoxy) is 4. The molecule has 2 aliphatic heterocycles. The molecule has 4 rings (SSSR count). The number of nitro groups is 1. The number of non-ortho nitro benzene ring substituents is 1. The Labute approximate surface area is 350 Å². The molecule has 21 nitrogen and oxygen atoms in total. The van der Waals surface area contributed by atoms with Crippen LogP contribution in [0.3, 0.4) is 0 Å². The van der Waals surface area contributed by atoms with E-state index in [1.54, 1.807) is 99.0 Å². The van der Waals surface area contributed by atoms with Crippen molar-refractivity contribution in [3.8, 4) is 0 Å². The van der Waals surface area contributed by atoms with Gasteiger partial charge in [-0.1, -0.05) is 6.07 Å². The number of aromatic nitrogens is 3. The highest BCUT2D eigenvalue weighted by molar-refractivity contribution is 5.70. The van der Waals surface area contributed by atoms with E-state index in [1.807, 2.05) is 0 Å². The van der Waals surface area contributed by atoms with Crippen LogP contribution < -0.4 is 36.4 Å². The Morgan fingerprint density at radius 3 is 1.23 bits per heavy atom. The number of carbonyl (C=O) groups excluding carboxylic acids is 4. The number of piperidine rings is 2. The third-order valence-corrected chi connectivity index (χ3v) is 8.28. The molecule has 0 aliphatic carbocycles. The zero-order valence-corrected chi connectivity index (χ0v) is 36.6. The highest BCUT2D eigenvalue weighted by atomic mass is 16.6. The second-order valence-electron chi connectivity index (χ2n) is 18.8. The number of carbonyl (C=O) groups is 4. The van der Waals surface area contributed by atoms with Crippen LogP contribution in [0.4, 0.5) is 48.4 Å². The van der Waals surface area contributed by atoms with Gasteiger partial charge in [-0.3, -0.25) is 10.1 Å². The zero-order chi connectivity index (χ0) is 44.8. The van der Waals surface area contributed by atoms with E-state index in [2.05, 4.69) is 26.6 Å². The van der Waals surface area contributed by atoms with Crippen molar-refractivity contribution in [3.05, 3.63) is 34.4 Å². The number of benzene rings is 1. The summed E-state index contributed by atoms with van der Waals surface area (Å²) in [6.07, 6.45) is -2.00. The number of hydrogen-bond acceptors (Lipinski definition) is 16. The quantitative estimate of drug-likeness (QED) is 0.118. The fourth-order valence-corrected chi connectivity index (χ4v) is 6.36. The second-order valence-corrected chi connectivity index (χ2v) is 18.8. The summed E-state index contributed by atoms with van der Waals surface area (Å²) in [6.45, 7) is 21.7. The first-order chi connectivity index (χ1) is 27.6. The Morgan fingerprint density at radius 1 is 0.600 bits per heavy atom. The maximum absolute atomic E-state index is 13.0. The van der Waals surface area contributed by atoms with Crippen molar-refractivity contribution in [2.24, 2.45) is 0 Å². The Hall–Kier alpha value is -5.89. The van der Waals surface area contributed by atoms with Crippen LogP contribution in [0, 0.1) is 10.1 Å². The minimum Gasteiger partial charge on any atom is -0.444 e. The standard InChI is InChI=1S/C39H61N11O10/c1-36(2,3)57-32(51)41-24-16-25(42-33(52)58-37(4,5)6)20-48(19-24)30-45-29(40-23-14-13-15-28(18-23)50(55)56)46-31(47-30)49-21-26(43-34(53)59-38(7,8)9)17-27(22-49)44-35(54)60-39(10,11)12/h13-15,18,24-27H,16-17,19-22H2,1-12H3,(H,41,51)(H,42,52)(H,43,53)(H,44,54)(H,40,45,46,47)/t24-,25+,26-,27+. The molecular weight excluding hydrogens is 782 g/mol. The number of alkyl carbamates (subject to hydrolysis) is 4. The van der Waals surface area contributed by atoms with E-state index >= 15 is 0 Å². The van der Waals surface area contributed by atoms with Crippen molar-refractivity contribution >= 4 is 53.6 Å². The summed E-state index contributed by atoms with van der Waals surface area (Å²) in [5, 5.41) is 26.3. The predicted molar refractivity (Wildman–Crippen MR) is 222 cm³/mol. The van der Waals surface area contributed by atoms with Gasteiger partial charge in [0.1, 0.15) is 22.4 Å². The Bertz CT molecular complexity index is 1690. The molecule has 2 aliphatic rings. The maximum Gasteiger partial charge on any atom is 0.407 e. The van der Waals surface area contributed by atoms with Crippen molar-refractivity contribution in [2.45, 2.75) is 142 Å². The smallest absolute Gasteiger partial charge is 0.407 e. The molecule has 4 amide bonds. The molecule has 5 N–H and O–H groups in total. The van der Waals surface area contributed by atoms with Crippen LogP contribution in [0.25, 0.3) is 0 Å². The number of hydrogen-bond donors (Lipinski definition) is 5. The van der Waals surface area contributed by atoms with Crippen LogP contribution >= 0.6 is 0 Å². The molecule has 332 valence electrons. The number of anilines is 4. The van der Waals surface area contributed by atoms with E-state index in [4.69, 9.17) is 33.9 Å². The summed E-state index contributed by atoms with van der Waals surface area (Å²) >= 11 is 0. The molecule has 3 heterocycles. The molecule has 2 fully saturated rings. The SMILES string of the molecule is CC(C)(C)OC(=O)N[C@@H]1C[C@H](NC(=O)OC(C)(C)C)CN(c2nc(Nc3cccc([N+](=O)[O-])c3)nc(N3C[C@H](NC(=O)OC(C)(C)C)C[C@H](NC(=O)OC(C)(C)C)C3)n2)C1. The van der Waals surface area contributed by atoms with Crippen LogP contribution in [0.1, 0.15) is 95.9 Å². The van der Waals surface area contributed by atoms with Gasteiger partial charge in [0, 0.05) is 44.0 Å². The van der Waals surface area contributed by atoms with Crippen LogP contribution in [0.2, 0.25) is 0 Å². The summed E-state index contributed by atoms with van der Waals surface area (Å²) in [4.78, 5) is 80.9. The molecule has 60 heavy (non-hydrogen) atoms. The van der Waals surface area contributed by atoms with E-state index in [0.29, 0.717) is 18.5 Å². The van der Waals surface area contributed by atoms with E-state index < -0.39 is 75.9 Å². The lowest BCUT2D eigenvalue weighted by Crippen LogP contribution is -2.59. The molecule has 0 saturated carbocycles. The van der Waals surface area contributed by atoms with E-state index in [9.17, 15) is 29.3 Å². The number of nitro benzene ring substituents is 1. The third kappa shape index (κ3) is 16.0. The van der Waals surface area contributed by atoms with E-state index in [1.165, 1.54) is 18.2 Å². The van der Waals surface area contributed by atoms with Crippen molar-refractivity contribution in [1.29, 1.82) is 0 Å². The van der Waals surface area contributed by atoms with Gasteiger partial charge in [-0.25, -0.2) is 19.2 Å². The molecule has 2 aromatic rings. The minimum absolute atomic E-state index is 0.00764. The molecule has 1 aromatic carbocycles. The van der Waals surface area contributed by atoms with Gasteiger partial charge >= 0.3 is 24.4 Å². The van der Waals surface area contributed by atoms with Gasteiger partial charge in [-0.05, 0) is 102 Å². The Balaban J connectivity index is 1.77. The highest BCUT2D eigenvalue weighted by Crippen LogP contribution is 2.27. The van der Waals surface area contributed by atoms with Crippen molar-refractivity contribution < 1.29 is 43.0 Å². The highest BCUT2D eigenvalue weighted by Gasteiger charge is 2.36. The lowest BCUT2D eigenvalue weighted by molar-refractivity contribution is -0.384. The lowest BCUT2D eigenvalue weighted by Gasteiger charge is -2.40. The number of amides is 4. The van der Waals surface area contributed by atoms with Crippen LogP contribution in [0.5, 0.6) is 0 Å². The number of rotatable bonds is 9. The van der Waals surface area contributed by atoms with Crippen LogP contribution in [0.15, 0.2) is 24.3 Å². The Morgan fingerprint density at radius 2 is 0.933 bits per heavy atom. The molecule has 21 heteroatoms. The van der Waals surface area contributed by atoms with Gasteiger partial charge in [0.2, 0.25) is 17.8 Å². The van der Waals surface area contributed by atoms with Gasteiger partial charge in [-0.2, -0.15) is 15.0 Å². The molecule has 0 radical (unpaired) electrons. The summed E-state index contributed by atoms with van der Waals surface area (Å²) in [7, 11) is 0. The fraction of sp³-hybridized carbons (Fsp3) is 0.667. The molecule has 0 unspecified atom stereocenters. The molecular formula is C39H61N11O10. The average molecular weight is 844 g/mol. The van der Waals surface area contributed by atoms with Gasteiger partial charge in [0.15, 0.2) is 0 Å². The molecule has 2 saturated heterocycles. The predicted octanol–water partition coefficient (Wildman–Crippen LogP) is 5.52. The topological polar surface area (TPSA) is 254 Å². The van der Waals surface area contributed by atoms with Crippen molar-refractivity contribution in [1.82, 2.24) is 36.2 Å². The molecule has 1 aromatic heterocycles. The number of nitrogens with zero attached hydrogens (tertiary/aromatic N) is 6. The summed E-state index contributed by atoms with van der Waals surface area (Å²) in [5.74, 6) is 0.255. The summed E-state index contributed by atoms with van der Waals surface area (Å²) < 4.78 is 22.2. The normalized spacial score (nSPS) is 19.9. The molecule has 0 bridgehead atoms. The molecule has 4 atom stereocenters. The molecule has 0 spiro atoms. The third-order valence-electron chi connectivity index (χ3n) is 8.28. The van der Waals surface area contributed by atoms with E-state index in [-0.39, 0.29) is 49.7 Å².